The van der Waals surface area contributed by atoms with Crippen LogP contribution < -0.4 is 9.38 Å². The molecule has 0 atom stereocenters. The molecule has 0 heterocycles. The average molecular weight is 311 g/mol. The molecule has 0 saturated carbocycles. The Morgan fingerprint density at radius 2 is 1.23 bits per heavy atom. The van der Waals surface area contributed by atoms with Crippen LogP contribution in [0.15, 0.2) is 24.3 Å². The maximum Gasteiger partial charge on any atom is 0.132 e. The summed E-state index contributed by atoms with van der Waals surface area (Å²) in [5.74, 6) is 0. The van der Waals surface area contributed by atoms with E-state index >= 15 is 0 Å². The van der Waals surface area contributed by atoms with Crippen molar-refractivity contribution in [3.05, 3.63) is 24.3 Å². The molecule has 4 heteroatoms. The average Bonchev–Trinajstić information content (AvgIpc) is 2.35. The number of quaternary nitrogens is 2. The van der Waals surface area contributed by atoms with Gasteiger partial charge in [0.15, 0.2) is 0 Å². The molecular formula is C18H38N4+2. The summed E-state index contributed by atoms with van der Waals surface area (Å²) in [4.78, 5) is 4.32. The van der Waals surface area contributed by atoms with Crippen molar-refractivity contribution < 1.29 is 4.48 Å². The molecular weight excluding hydrogens is 272 g/mol. The van der Waals surface area contributed by atoms with Gasteiger partial charge >= 0.3 is 0 Å². The molecule has 0 unspecified atom stereocenters. The van der Waals surface area contributed by atoms with E-state index in [4.69, 9.17) is 0 Å². The Morgan fingerprint density at radius 3 is 1.45 bits per heavy atom. The van der Waals surface area contributed by atoms with Gasteiger partial charge in [-0.25, -0.2) is 0 Å². The zero-order chi connectivity index (χ0) is 17.6. The summed E-state index contributed by atoms with van der Waals surface area (Å²) < 4.78 is 1.92. The molecule has 0 aliphatic heterocycles. The lowest BCUT2D eigenvalue weighted by Crippen LogP contribution is -2.40. The van der Waals surface area contributed by atoms with Gasteiger partial charge in [0.1, 0.15) is 5.69 Å². The first kappa shape index (κ1) is 20.9. The van der Waals surface area contributed by atoms with E-state index in [1.165, 1.54) is 24.5 Å². The molecule has 0 fully saturated rings. The van der Waals surface area contributed by atoms with Gasteiger partial charge in [-0.3, -0.25) is 4.48 Å². The van der Waals surface area contributed by atoms with Gasteiger partial charge in [-0.15, -0.1) is 0 Å². The first-order valence-electron chi connectivity index (χ1n) is 7.87. The second-order valence-electron chi connectivity index (χ2n) is 8.24. The van der Waals surface area contributed by atoms with E-state index in [2.05, 4.69) is 105 Å². The van der Waals surface area contributed by atoms with Crippen LogP contribution >= 0.6 is 0 Å². The summed E-state index contributed by atoms with van der Waals surface area (Å²) in [5, 5.41) is 0. The van der Waals surface area contributed by atoms with Crippen LogP contribution in [0.5, 0.6) is 0 Å². The summed E-state index contributed by atoms with van der Waals surface area (Å²) in [6, 6.07) is 8.66. The largest absolute Gasteiger partial charge is 0.378 e. The Balaban J connectivity index is 0.000000433. The van der Waals surface area contributed by atoms with Gasteiger partial charge in [0.2, 0.25) is 0 Å². The normalized spacial score (nSPS) is 12.0. The van der Waals surface area contributed by atoms with Crippen LogP contribution in [0.1, 0.15) is 0 Å². The van der Waals surface area contributed by atoms with Gasteiger partial charge in [-0.1, -0.05) is 0 Å². The first-order valence-corrected chi connectivity index (χ1v) is 7.87. The van der Waals surface area contributed by atoms with Crippen molar-refractivity contribution in [3.8, 4) is 0 Å². The Labute approximate surface area is 138 Å². The molecule has 1 aromatic carbocycles. The zero-order valence-corrected chi connectivity index (χ0v) is 16.5. The Morgan fingerprint density at radius 1 is 0.773 bits per heavy atom. The Hall–Kier alpha value is -1.10. The van der Waals surface area contributed by atoms with Crippen molar-refractivity contribution in [3.63, 3.8) is 0 Å². The van der Waals surface area contributed by atoms with Crippen molar-refractivity contribution >= 4 is 11.4 Å². The van der Waals surface area contributed by atoms with Crippen molar-refractivity contribution in [2.75, 3.05) is 88.5 Å². The van der Waals surface area contributed by atoms with Crippen LogP contribution in [0.3, 0.4) is 0 Å². The van der Waals surface area contributed by atoms with Crippen LogP contribution in [0.25, 0.3) is 0 Å². The number of hydrogen-bond acceptors (Lipinski definition) is 2. The van der Waals surface area contributed by atoms with Gasteiger partial charge in [-0.05, 0) is 26.2 Å². The van der Waals surface area contributed by atoms with E-state index in [1.54, 1.807) is 0 Å². The smallest absolute Gasteiger partial charge is 0.132 e. The SMILES string of the molecule is CN(C)CC[N+](C)(C)C.CN(C)c1ccc([N+](C)(C)C)cc1. The van der Waals surface area contributed by atoms with E-state index in [1.807, 2.05) is 0 Å². The molecule has 0 saturated heterocycles. The fraction of sp³-hybridized carbons (Fsp3) is 0.667. The predicted molar refractivity (Wildman–Crippen MR) is 102 cm³/mol. The third-order valence-corrected chi connectivity index (χ3v) is 3.36. The number of rotatable bonds is 5. The van der Waals surface area contributed by atoms with Gasteiger partial charge in [0.05, 0.1) is 48.8 Å². The lowest BCUT2D eigenvalue weighted by atomic mass is 10.2. The second kappa shape index (κ2) is 8.51. The number of benzene rings is 1. The van der Waals surface area contributed by atoms with Crippen LogP contribution in [-0.4, -0.2) is 92.9 Å². The van der Waals surface area contributed by atoms with Crippen LogP contribution in [-0.2, 0) is 0 Å². The molecule has 0 amide bonds. The van der Waals surface area contributed by atoms with Crippen molar-refractivity contribution in [1.82, 2.24) is 9.38 Å². The second-order valence-corrected chi connectivity index (χ2v) is 8.24. The highest BCUT2D eigenvalue weighted by atomic mass is 15.3. The fourth-order valence-electron chi connectivity index (χ4n) is 1.70. The van der Waals surface area contributed by atoms with Crippen LogP contribution in [0.2, 0.25) is 0 Å². The monoisotopic (exact) mass is 310 g/mol. The molecule has 128 valence electrons. The van der Waals surface area contributed by atoms with Gasteiger partial charge in [-0.2, -0.15) is 0 Å². The summed E-state index contributed by atoms with van der Waals surface area (Å²) >= 11 is 0. The van der Waals surface area contributed by atoms with E-state index in [-0.39, 0.29) is 0 Å². The first-order chi connectivity index (χ1) is 9.83. The zero-order valence-electron chi connectivity index (χ0n) is 16.5. The van der Waals surface area contributed by atoms with Crippen molar-refractivity contribution in [1.29, 1.82) is 0 Å². The third-order valence-electron chi connectivity index (χ3n) is 3.36. The molecule has 0 aliphatic rings. The minimum absolute atomic E-state index is 0.869. The molecule has 0 aliphatic carbocycles. The van der Waals surface area contributed by atoms with Crippen molar-refractivity contribution in [2.45, 2.75) is 0 Å². The Bertz CT molecular complexity index is 408. The number of nitrogens with zero attached hydrogens (tertiary/aromatic N) is 4. The van der Waals surface area contributed by atoms with Crippen LogP contribution in [0, 0.1) is 0 Å². The number of hydrogen-bond donors (Lipinski definition) is 0. The van der Waals surface area contributed by atoms with Gasteiger partial charge < -0.3 is 14.3 Å². The number of anilines is 1. The minimum Gasteiger partial charge on any atom is -0.378 e. The Kier molecular flexibility index (Phi) is 8.09. The molecule has 0 radical (unpaired) electrons. The molecule has 1 rings (SSSR count). The predicted octanol–water partition coefficient (Wildman–Crippen LogP) is 2.20. The molecule has 1 aromatic rings. The lowest BCUT2D eigenvalue weighted by molar-refractivity contribution is -0.869. The highest BCUT2D eigenvalue weighted by Gasteiger charge is 2.11. The third kappa shape index (κ3) is 9.77. The molecule has 0 N–H and O–H groups in total. The quantitative estimate of drug-likeness (QED) is 0.769. The lowest BCUT2D eigenvalue weighted by Gasteiger charge is -2.25. The van der Waals surface area contributed by atoms with Crippen molar-refractivity contribution in [2.24, 2.45) is 0 Å². The molecule has 0 spiro atoms. The van der Waals surface area contributed by atoms with E-state index in [0.29, 0.717) is 0 Å². The highest BCUT2D eigenvalue weighted by Crippen LogP contribution is 2.20. The summed E-state index contributed by atoms with van der Waals surface area (Å²) in [6.45, 7) is 2.39. The minimum atomic E-state index is 0.869. The molecule has 4 nitrogen and oxygen atoms in total. The fourth-order valence-corrected chi connectivity index (χ4v) is 1.70. The number of likely N-dealkylation sites (N-methyl/N-ethyl adjacent to an activating group) is 2. The summed E-state index contributed by atoms with van der Waals surface area (Å²) in [6.07, 6.45) is 0. The van der Waals surface area contributed by atoms with Crippen LogP contribution in [0.4, 0.5) is 11.4 Å². The topological polar surface area (TPSA) is 6.48 Å². The van der Waals surface area contributed by atoms with E-state index in [9.17, 15) is 0 Å². The van der Waals surface area contributed by atoms with Gasteiger partial charge in [0, 0.05) is 38.5 Å². The maximum absolute atomic E-state index is 2.21. The van der Waals surface area contributed by atoms with Gasteiger partial charge in [0.25, 0.3) is 0 Å². The molecule has 0 aromatic heterocycles. The summed E-state index contributed by atoms with van der Waals surface area (Å²) in [7, 11) is 21.5. The standard InChI is InChI=1S/C11H19N2.C7H19N2/c1-12(2)10-6-8-11(9-7-10)13(3,4)5;1-8(2)6-7-9(3,4)5/h6-9H,1-5H3;6-7H2,1-5H3/q2*+1. The highest BCUT2D eigenvalue weighted by molar-refractivity contribution is 5.53. The summed E-state index contributed by atoms with van der Waals surface area (Å²) in [5.41, 5.74) is 2.57. The molecule has 22 heavy (non-hydrogen) atoms. The maximum atomic E-state index is 2.21. The van der Waals surface area contributed by atoms with E-state index < -0.39 is 0 Å². The van der Waals surface area contributed by atoms with E-state index in [0.717, 1.165) is 8.97 Å². The molecule has 0 bridgehead atoms.